The van der Waals surface area contributed by atoms with Crippen molar-refractivity contribution in [3.8, 4) is 5.75 Å². The van der Waals surface area contributed by atoms with Crippen molar-refractivity contribution >= 4 is 28.4 Å². The lowest BCUT2D eigenvalue weighted by atomic mass is 10.1. The summed E-state index contributed by atoms with van der Waals surface area (Å²) in [6, 6.07) is 23.4. The second-order valence-electron chi connectivity index (χ2n) is 7.61. The van der Waals surface area contributed by atoms with E-state index in [1.807, 2.05) is 42.5 Å². The fourth-order valence-corrected chi connectivity index (χ4v) is 3.73. The third kappa shape index (κ3) is 4.77. The monoisotopic (exact) mass is 441 g/mol. The van der Waals surface area contributed by atoms with Crippen LogP contribution in [0.1, 0.15) is 21.5 Å². The van der Waals surface area contributed by atoms with Gasteiger partial charge in [0, 0.05) is 5.39 Å². The standard InChI is InChI=1S/C26H23N3O4/c1-33-19-12-10-18(11-13-19)16-29-23-9-5-8-22(20(23)15-21(25(27)31)26(29)32)28-24(30)14-17-6-3-2-4-7-17/h2-13,15H,14,16H2,1H3,(H2,27,31)(H,28,30). The van der Waals surface area contributed by atoms with Gasteiger partial charge < -0.3 is 20.4 Å². The molecule has 7 nitrogen and oxygen atoms in total. The maximum absolute atomic E-state index is 13.1. The van der Waals surface area contributed by atoms with Crippen LogP contribution in [0.15, 0.2) is 83.7 Å². The lowest BCUT2D eigenvalue weighted by molar-refractivity contribution is -0.115. The van der Waals surface area contributed by atoms with Crippen molar-refractivity contribution in [2.45, 2.75) is 13.0 Å². The second kappa shape index (κ2) is 9.40. The normalized spacial score (nSPS) is 10.7. The molecule has 0 aliphatic heterocycles. The molecule has 1 aromatic heterocycles. The Hall–Kier alpha value is -4.39. The van der Waals surface area contributed by atoms with Gasteiger partial charge in [0.25, 0.3) is 11.5 Å². The van der Waals surface area contributed by atoms with Gasteiger partial charge in [-0.15, -0.1) is 0 Å². The number of nitrogens with one attached hydrogen (secondary N) is 1. The molecule has 0 atom stereocenters. The Labute approximate surface area is 190 Å². The van der Waals surface area contributed by atoms with Crippen LogP contribution in [0.4, 0.5) is 5.69 Å². The van der Waals surface area contributed by atoms with Crippen LogP contribution in [-0.2, 0) is 17.8 Å². The van der Waals surface area contributed by atoms with Gasteiger partial charge in [0.15, 0.2) is 0 Å². The van der Waals surface area contributed by atoms with E-state index in [0.717, 1.165) is 11.1 Å². The molecule has 0 fully saturated rings. The zero-order valence-corrected chi connectivity index (χ0v) is 18.1. The Morgan fingerprint density at radius 3 is 2.33 bits per heavy atom. The largest absolute Gasteiger partial charge is 0.497 e. The number of anilines is 1. The van der Waals surface area contributed by atoms with Crippen molar-refractivity contribution < 1.29 is 14.3 Å². The molecule has 166 valence electrons. The van der Waals surface area contributed by atoms with E-state index < -0.39 is 11.5 Å². The van der Waals surface area contributed by atoms with E-state index >= 15 is 0 Å². The third-order valence-corrected chi connectivity index (χ3v) is 5.38. The first-order valence-electron chi connectivity index (χ1n) is 10.4. The summed E-state index contributed by atoms with van der Waals surface area (Å²) in [6.07, 6.45) is 0.200. The van der Waals surface area contributed by atoms with Crippen molar-refractivity contribution in [1.29, 1.82) is 0 Å². The summed E-state index contributed by atoms with van der Waals surface area (Å²) in [5.41, 5.74) is 7.68. The van der Waals surface area contributed by atoms with E-state index in [-0.39, 0.29) is 24.4 Å². The van der Waals surface area contributed by atoms with E-state index in [2.05, 4.69) is 5.32 Å². The number of amides is 2. The van der Waals surface area contributed by atoms with Gasteiger partial charge in [0.1, 0.15) is 11.3 Å². The molecule has 1 heterocycles. The number of carbonyl (C=O) groups is 2. The van der Waals surface area contributed by atoms with Crippen LogP contribution in [0.3, 0.4) is 0 Å². The number of nitrogens with two attached hydrogens (primary N) is 1. The first kappa shape index (κ1) is 21.8. The van der Waals surface area contributed by atoms with Crippen LogP contribution >= 0.6 is 0 Å². The fourth-order valence-electron chi connectivity index (χ4n) is 3.73. The van der Waals surface area contributed by atoms with Crippen molar-refractivity contribution in [2.24, 2.45) is 5.73 Å². The summed E-state index contributed by atoms with van der Waals surface area (Å²) < 4.78 is 6.68. The molecular weight excluding hydrogens is 418 g/mol. The second-order valence-corrected chi connectivity index (χ2v) is 7.61. The number of primary amides is 1. The number of hydrogen-bond acceptors (Lipinski definition) is 4. The Morgan fingerprint density at radius 2 is 1.67 bits per heavy atom. The zero-order chi connectivity index (χ0) is 23.4. The molecule has 2 amide bonds. The summed E-state index contributed by atoms with van der Waals surface area (Å²) in [5, 5.41) is 3.46. The predicted molar refractivity (Wildman–Crippen MR) is 128 cm³/mol. The fraction of sp³-hybridized carbons (Fsp3) is 0.115. The number of pyridine rings is 1. The highest BCUT2D eigenvalue weighted by Crippen LogP contribution is 2.24. The Balaban J connectivity index is 1.76. The number of aromatic nitrogens is 1. The molecule has 3 N–H and O–H groups in total. The number of nitrogens with zero attached hydrogens (tertiary/aromatic N) is 1. The van der Waals surface area contributed by atoms with Gasteiger partial charge in [-0.3, -0.25) is 14.4 Å². The number of ether oxygens (including phenoxy) is 1. The number of fused-ring (bicyclic) bond motifs is 1. The van der Waals surface area contributed by atoms with E-state index in [4.69, 9.17) is 10.5 Å². The first-order valence-corrected chi connectivity index (χ1v) is 10.4. The molecule has 0 aliphatic carbocycles. The van der Waals surface area contributed by atoms with Crippen LogP contribution in [0.5, 0.6) is 5.75 Å². The smallest absolute Gasteiger partial charge is 0.264 e. The molecule has 0 saturated heterocycles. The van der Waals surface area contributed by atoms with Crippen LogP contribution < -0.4 is 21.3 Å². The molecule has 0 aliphatic rings. The topological polar surface area (TPSA) is 103 Å². The number of hydrogen-bond donors (Lipinski definition) is 2. The molecule has 0 spiro atoms. The molecule has 0 bridgehead atoms. The maximum atomic E-state index is 13.1. The van der Waals surface area contributed by atoms with Gasteiger partial charge >= 0.3 is 0 Å². The lowest BCUT2D eigenvalue weighted by Gasteiger charge is -2.15. The van der Waals surface area contributed by atoms with Gasteiger partial charge in [-0.25, -0.2) is 0 Å². The van der Waals surface area contributed by atoms with Crippen molar-refractivity contribution in [3.63, 3.8) is 0 Å². The van der Waals surface area contributed by atoms with Crippen molar-refractivity contribution in [1.82, 2.24) is 4.57 Å². The Bertz CT molecular complexity index is 1380. The minimum Gasteiger partial charge on any atom is -0.497 e. The summed E-state index contributed by atoms with van der Waals surface area (Å²) in [5.74, 6) is -0.330. The van der Waals surface area contributed by atoms with Crippen molar-refractivity contribution in [2.75, 3.05) is 12.4 Å². The highest BCUT2D eigenvalue weighted by Gasteiger charge is 2.17. The molecule has 4 aromatic rings. The van der Waals surface area contributed by atoms with E-state index in [0.29, 0.717) is 22.3 Å². The van der Waals surface area contributed by atoms with Crippen LogP contribution in [-0.4, -0.2) is 23.5 Å². The summed E-state index contributed by atoms with van der Waals surface area (Å²) >= 11 is 0. The quantitative estimate of drug-likeness (QED) is 0.459. The molecule has 7 heteroatoms. The minimum absolute atomic E-state index is 0.138. The van der Waals surface area contributed by atoms with Crippen LogP contribution in [0.25, 0.3) is 10.9 Å². The number of rotatable bonds is 7. The number of carbonyl (C=O) groups excluding carboxylic acids is 2. The van der Waals surface area contributed by atoms with E-state index in [9.17, 15) is 14.4 Å². The van der Waals surface area contributed by atoms with Gasteiger partial charge in [0.05, 0.1) is 31.3 Å². The van der Waals surface area contributed by atoms with Gasteiger partial charge in [-0.2, -0.15) is 0 Å². The van der Waals surface area contributed by atoms with E-state index in [1.54, 1.807) is 37.4 Å². The predicted octanol–water partition coefficient (Wildman–Crippen LogP) is 3.34. The number of benzene rings is 3. The maximum Gasteiger partial charge on any atom is 0.264 e. The molecule has 0 unspecified atom stereocenters. The van der Waals surface area contributed by atoms with Gasteiger partial charge in [0.2, 0.25) is 5.91 Å². The molecule has 4 rings (SSSR count). The molecule has 0 saturated carbocycles. The summed E-state index contributed by atoms with van der Waals surface area (Å²) in [7, 11) is 1.58. The molecule has 0 radical (unpaired) electrons. The minimum atomic E-state index is -0.823. The third-order valence-electron chi connectivity index (χ3n) is 5.38. The van der Waals surface area contributed by atoms with Crippen molar-refractivity contribution in [3.05, 3.63) is 106 Å². The van der Waals surface area contributed by atoms with Crippen LogP contribution in [0.2, 0.25) is 0 Å². The highest BCUT2D eigenvalue weighted by atomic mass is 16.5. The molecule has 3 aromatic carbocycles. The average molecular weight is 441 g/mol. The summed E-state index contributed by atoms with van der Waals surface area (Å²) in [6.45, 7) is 0.224. The van der Waals surface area contributed by atoms with E-state index in [1.165, 1.54) is 10.6 Å². The summed E-state index contributed by atoms with van der Waals surface area (Å²) in [4.78, 5) is 37.8. The van der Waals surface area contributed by atoms with Gasteiger partial charge in [-0.1, -0.05) is 48.5 Å². The number of methoxy groups -OCH3 is 1. The first-order chi connectivity index (χ1) is 16.0. The highest BCUT2D eigenvalue weighted by molar-refractivity contribution is 6.04. The molecule has 33 heavy (non-hydrogen) atoms. The Kier molecular flexibility index (Phi) is 6.22. The lowest BCUT2D eigenvalue weighted by Crippen LogP contribution is -2.30. The average Bonchev–Trinajstić information content (AvgIpc) is 2.81. The SMILES string of the molecule is COc1ccc(Cn2c(=O)c(C(N)=O)cc3c(NC(=O)Cc4ccccc4)cccc32)cc1. The van der Waals surface area contributed by atoms with Crippen LogP contribution in [0, 0.1) is 0 Å². The van der Waals surface area contributed by atoms with Gasteiger partial charge in [-0.05, 0) is 41.5 Å². The molecular formula is C26H23N3O4. The Morgan fingerprint density at radius 1 is 0.939 bits per heavy atom. The zero-order valence-electron chi connectivity index (χ0n) is 18.1.